The highest BCUT2D eigenvalue weighted by molar-refractivity contribution is 4.72. The molecule has 0 aromatic rings. The molecule has 0 bridgehead atoms. The van der Waals surface area contributed by atoms with Gasteiger partial charge in [-0.2, -0.15) is 0 Å². The number of nitrogens with two attached hydrogens (primary N) is 2. The Labute approximate surface area is 73.4 Å². The minimum Gasteiger partial charge on any atom is -0.286 e. The molecule has 0 aromatic carbocycles. The van der Waals surface area contributed by atoms with Gasteiger partial charge in [-0.25, -0.2) is 5.43 Å². The second kappa shape index (κ2) is 5.45. The predicted molar refractivity (Wildman–Crippen MR) is 48.7 cm³/mol. The summed E-state index contributed by atoms with van der Waals surface area (Å²) in [6, 6.07) is 0. The Hall–Kier alpha value is -0.200. The maximum absolute atomic E-state index is 5.40. The smallest absolute Gasteiger partial charge is 0.0866 e. The summed E-state index contributed by atoms with van der Waals surface area (Å²) in [5.74, 6) is 10.6. The predicted octanol–water partition coefficient (Wildman–Crippen LogP) is -1.27. The van der Waals surface area contributed by atoms with Crippen molar-refractivity contribution in [3.05, 3.63) is 0 Å². The normalized spacial score (nSPS) is 22.5. The van der Waals surface area contributed by atoms with Crippen LogP contribution in [0.3, 0.4) is 0 Å². The third-order valence-electron chi connectivity index (χ3n) is 2.34. The van der Waals surface area contributed by atoms with Crippen LogP contribution >= 0.6 is 0 Å². The molecule has 1 saturated heterocycles. The van der Waals surface area contributed by atoms with Crippen molar-refractivity contribution in [2.75, 3.05) is 19.6 Å². The third kappa shape index (κ3) is 2.69. The van der Waals surface area contributed by atoms with Crippen molar-refractivity contribution >= 4 is 0 Å². The summed E-state index contributed by atoms with van der Waals surface area (Å²) >= 11 is 0. The van der Waals surface area contributed by atoms with Gasteiger partial charge in [-0.15, -0.1) is 0 Å². The van der Waals surface area contributed by atoms with E-state index in [1.54, 1.807) is 0 Å². The van der Waals surface area contributed by atoms with Crippen molar-refractivity contribution in [3.63, 3.8) is 0 Å². The molecule has 5 heteroatoms. The van der Waals surface area contributed by atoms with Gasteiger partial charge in [-0.05, 0) is 25.9 Å². The first-order valence-electron chi connectivity index (χ1n) is 4.52. The van der Waals surface area contributed by atoms with Crippen molar-refractivity contribution in [1.82, 2.24) is 15.8 Å². The SMILES string of the molecule is NNCC(NN)N1CCCCC1. The molecule has 1 aliphatic heterocycles. The van der Waals surface area contributed by atoms with Crippen molar-refractivity contribution in [1.29, 1.82) is 0 Å². The van der Waals surface area contributed by atoms with E-state index in [4.69, 9.17) is 11.7 Å². The molecule has 1 rings (SSSR count). The van der Waals surface area contributed by atoms with Gasteiger partial charge in [0.2, 0.25) is 0 Å². The van der Waals surface area contributed by atoms with Crippen molar-refractivity contribution < 1.29 is 0 Å². The maximum atomic E-state index is 5.40. The van der Waals surface area contributed by atoms with E-state index in [2.05, 4.69) is 15.8 Å². The summed E-state index contributed by atoms with van der Waals surface area (Å²) in [7, 11) is 0. The van der Waals surface area contributed by atoms with Crippen LogP contribution in [0.1, 0.15) is 19.3 Å². The summed E-state index contributed by atoms with van der Waals surface area (Å²) in [6.07, 6.45) is 4.05. The van der Waals surface area contributed by atoms with Gasteiger partial charge >= 0.3 is 0 Å². The number of rotatable bonds is 4. The molecule has 5 nitrogen and oxygen atoms in total. The van der Waals surface area contributed by atoms with E-state index in [1.807, 2.05) is 0 Å². The summed E-state index contributed by atoms with van der Waals surface area (Å²) in [5, 5.41) is 0. The molecule has 1 unspecified atom stereocenters. The Balaban J connectivity index is 2.29. The fraction of sp³-hybridized carbons (Fsp3) is 1.00. The number of hydrogen-bond donors (Lipinski definition) is 4. The highest BCUT2D eigenvalue weighted by atomic mass is 15.4. The number of nitrogens with one attached hydrogen (secondary N) is 2. The van der Waals surface area contributed by atoms with E-state index < -0.39 is 0 Å². The summed E-state index contributed by atoms with van der Waals surface area (Å²) in [6.45, 7) is 2.93. The molecule has 12 heavy (non-hydrogen) atoms. The second-order valence-electron chi connectivity index (χ2n) is 3.19. The molecule has 0 aromatic heterocycles. The van der Waals surface area contributed by atoms with Crippen LogP contribution in [0.2, 0.25) is 0 Å². The summed E-state index contributed by atoms with van der Waals surface area (Å²) in [4.78, 5) is 2.32. The van der Waals surface area contributed by atoms with E-state index >= 15 is 0 Å². The molecule has 0 amide bonds. The fourth-order valence-corrected chi connectivity index (χ4v) is 1.64. The van der Waals surface area contributed by atoms with Crippen LogP contribution < -0.4 is 22.5 Å². The molecule has 1 heterocycles. The molecular weight excluding hydrogens is 154 g/mol. The molecule has 72 valence electrons. The lowest BCUT2D eigenvalue weighted by atomic mass is 10.1. The minimum absolute atomic E-state index is 0.176. The molecule has 0 aliphatic carbocycles. The van der Waals surface area contributed by atoms with Gasteiger partial charge in [0, 0.05) is 6.54 Å². The number of hydrogen-bond acceptors (Lipinski definition) is 5. The van der Waals surface area contributed by atoms with Gasteiger partial charge in [0.05, 0.1) is 6.17 Å². The largest absolute Gasteiger partial charge is 0.286 e. The maximum Gasteiger partial charge on any atom is 0.0866 e. The molecule has 1 atom stereocenters. The first-order valence-corrected chi connectivity index (χ1v) is 4.52. The van der Waals surface area contributed by atoms with Crippen molar-refractivity contribution in [3.8, 4) is 0 Å². The fourth-order valence-electron chi connectivity index (χ4n) is 1.64. The molecule has 0 saturated carbocycles. The molecule has 0 radical (unpaired) electrons. The first-order chi connectivity index (χ1) is 5.88. The molecule has 1 aliphatic rings. The molecule has 6 N–H and O–H groups in total. The quantitative estimate of drug-likeness (QED) is 0.315. The second-order valence-corrected chi connectivity index (χ2v) is 3.19. The van der Waals surface area contributed by atoms with E-state index in [-0.39, 0.29) is 6.17 Å². The van der Waals surface area contributed by atoms with Crippen LogP contribution in [-0.4, -0.2) is 30.7 Å². The van der Waals surface area contributed by atoms with Gasteiger partial charge in [-0.1, -0.05) is 6.42 Å². The number of hydrazine groups is 2. The first kappa shape index (κ1) is 9.88. The van der Waals surface area contributed by atoms with E-state index in [1.165, 1.54) is 19.3 Å². The molecular formula is C7H19N5. The van der Waals surface area contributed by atoms with Gasteiger partial charge in [-0.3, -0.25) is 22.0 Å². The zero-order chi connectivity index (χ0) is 8.81. The summed E-state index contributed by atoms with van der Waals surface area (Å²) in [5.41, 5.74) is 5.39. The van der Waals surface area contributed by atoms with Gasteiger partial charge in [0.1, 0.15) is 0 Å². The summed E-state index contributed by atoms with van der Waals surface area (Å²) < 4.78 is 0. The zero-order valence-electron chi connectivity index (χ0n) is 7.42. The van der Waals surface area contributed by atoms with Crippen LogP contribution in [0.5, 0.6) is 0 Å². The van der Waals surface area contributed by atoms with Gasteiger partial charge in [0.15, 0.2) is 0 Å². The van der Waals surface area contributed by atoms with E-state index in [0.717, 1.165) is 13.1 Å². The number of piperidine rings is 1. The Morgan fingerprint density at radius 1 is 1.17 bits per heavy atom. The third-order valence-corrected chi connectivity index (χ3v) is 2.34. The van der Waals surface area contributed by atoms with Crippen LogP contribution in [-0.2, 0) is 0 Å². The standard InChI is InChI=1S/C7H19N5/c8-10-6-7(11-9)12-4-2-1-3-5-12/h7,10-11H,1-6,8-9H2. The van der Waals surface area contributed by atoms with Crippen LogP contribution in [0, 0.1) is 0 Å². The molecule has 1 fully saturated rings. The Morgan fingerprint density at radius 3 is 2.33 bits per heavy atom. The average Bonchev–Trinajstić information content (AvgIpc) is 2.15. The monoisotopic (exact) mass is 173 g/mol. The highest BCUT2D eigenvalue weighted by Crippen LogP contribution is 2.09. The van der Waals surface area contributed by atoms with Gasteiger partial charge < -0.3 is 0 Å². The Morgan fingerprint density at radius 2 is 1.83 bits per heavy atom. The lowest BCUT2D eigenvalue weighted by Crippen LogP contribution is -2.56. The highest BCUT2D eigenvalue weighted by Gasteiger charge is 2.18. The minimum atomic E-state index is 0.176. The average molecular weight is 173 g/mol. The number of nitrogens with zero attached hydrogens (tertiary/aromatic N) is 1. The lowest BCUT2D eigenvalue weighted by molar-refractivity contribution is 0.135. The van der Waals surface area contributed by atoms with E-state index in [0.29, 0.717) is 6.54 Å². The van der Waals surface area contributed by atoms with Gasteiger partial charge in [0.25, 0.3) is 0 Å². The van der Waals surface area contributed by atoms with E-state index in [9.17, 15) is 0 Å². The van der Waals surface area contributed by atoms with Crippen LogP contribution in [0.4, 0.5) is 0 Å². The Bertz CT molecular complexity index is 110. The Kier molecular flexibility index (Phi) is 4.49. The lowest BCUT2D eigenvalue weighted by Gasteiger charge is -2.33. The van der Waals surface area contributed by atoms with Crippen molar-refractivity contribution in [2.45, 2.75) is 25.4 Å². The topological polar surface area (TPSA) is 79.3 Å². The molecule has 0 spiro atoms. The van der Waals surface area contributed by atoms with Crippen LogP contribution in [0.25, 0.3) is 0 Å². The number of likely N-dealkylation sites (tertiary alicyclic amines) is 1. The zero-order valence-corrected chi connectivity index (χ0v) is 7.42. The van der Waals surface area contributed by atoms with Crippen molar-refractivity contribution in [2.24, 2.45) is 11.7 Å². The van der Waals surface area contributed by atoms with Crippen LogP contribution in [0.15, 0.2) is 0 Å².